The van der Waals surface area contributed by atoms with Gasteiger partial charge in [0.1, 0.15) is 0 Å². The van der Waals surface area contributed by atoms with Crippen LogP contribution in [-0.4, -0.2) is 43.1 Å². The van der Waals surface area contributed by atoms with Gasteiger partial charge in [-0.25, -0.2) is 4.79 Å². The Morgan fingerprint density at radius 3 is 2.46 bits per heavy atom. The summed E-state index contributed by atoms with van der Waals surface area (Å²) in [6.45, 7) is 11.6. The summed E-state index contributed by atoms with van der Waals surface area (Å²) in [6, 6.07) is 7.77. The van der Waals surface area contributed by atoms with E-state index in [1.54, 1.807) is 0 Å². The van der Waals surface area contributed by atoms with E-state index in [1.165, 1.54) is 10.5 Å². The molecule has 0 aliphatic carbocycles. The summed E-state index contributed by atoms with van der Waals surface area (Å²) in [4.78, 5) is 13.3. The van der Waals surface area contributed by atoms with Gasteiger partial charge in [0.25, 0.3) is 0 Å². The Hall–Kier alpha value is -1.37. The molecule has 0 aromatic heterocycles. The van der Waals surface area contributed by atoms with E-state index >= 15 is 0 Å². The van der Waals surface area contributed by atoms with E-state index in [4.69, 9.17) is 10.2 Å². The zero-order valence-electron chi connectivity index (χ0n) is 15.4. The van der Waals surface area contributed by atoms with Crippen molar-refractivity contribution >= 4 is 14.4 Å². The molecular formula is C18H30N2O3Si. The van der Waals surface area contributed by atoms with E-state index in [0.29, 0.717) is 19.5 Å². The third-order valence-corrected chi connectivity index (χ3v) is 9.95. The third-order valence-electron chi connectivity index (χ3n) is 5.45. The van der Waals surface area contributed by atoms with Crippen LogP contribution in [-0.2, 0) is 17.4 Å². The van der Waals surface area contributed by atoms with Gasteiger partial charge in [-0.1, -0.05) is 45.0 Å². The zero-order chi connectivity index (χ0) is 18.1. The fraction of sp³-hybridized carbons (Fsp3) is 0.611. The second-order valence-corrected chi connectivity index (χ2v) is 12.9. The van der Waals surface area contributed by atoms with Gasteiger partial charge < -0.3 is 15.3 Å². The SMILES string of the molecule is CC(C)(C)[Si](C)(C)O[C@H](CN)C1Cc2ccccc2CN1C(=O)O. The molecule has 1 unspecified atom stereocenters. The lowest BCUT2D eigenvalue weighted by Crippen LogP contribution is -2.57. The Balaban J connectivity index is 2.30. The number of fused-ring (bicyclic) bond motifs is 1. The molecule has 0 radical (unpaired) electrons. The predicted octanol–water partition coefficient (Wildman–Crippen LogP) is 3.44. The van der Waals surface area contributed by atoms with Crippen LogP contribution in [0.2, 0.25) is 18.1 Å². The molecule has 0 bridgehead atoms. The molecule has 2 atom stereocenters. The molecule has 1 aromatic rings. The minimum absolute atomic E-state index is 0.0566. The van der Waals surface area contributed by atoms with Crippen LogP contribution in [0.3, 0.4) is 0 Å². The van der Waals surface area contributed by atoms with Gasteiger partial charge in [0.05, 0.1) is 12.1 Å². The number of carboxylic acid groups (broad SMARTS) is 1. The van der Waals surface area contributed by atoms with Gasteiger partial charge in [0, 0.05) is 13.1 Å². The van der Waals surface area contributed by atoms with Crippen LogP contribution in [0.5, 0.6) is 0 Å². The number of rotatable bonds is 4. The molecule has 1 aromatic carbocycles. The van der Waals surface area contributed by atoms with E-state index < -0.39 is 14.4 Å². The number of amides is 1. The van der Waals surface area contributed by atoms with E-state index in [9.17, 15) is 9.90 Å². The summed E-state index contributed by atoms with van der Waals surface area (Å²) in [7, 11) is -2.03. The van der Waals surface area contributed by atoms with Crippen LogP contribution in [0.4, 0.5) is 4.79 Å². The van der Waals surface area contributed by atoms with Gasteiger partial charge >= 0.3 is 6.09 Å². The summed E-state index contributed by atoms with van der Waals surface area (Å²) >= 11 is 0. The number of carbonyl (C=O) groups is 1. The molecule has 2 rings (SSSR count). The Kier molecular flexibility index (Phi) is 5.42. The Bertz CT molecular complexity index is 598. The number of hydrogen-bond acceptors (Lipinski definition) is 3. The molecular weight excluding hydrogens is 320 g/mol. The summed E-state index contributed by atoms with van der Waals surface area (Å²) < 4.78 is 6.50. The van der Waals surface area contributed by atoms with E-state index in [2.05, 4.69) is 39.9 Å². The maximum absolute atomic E-state index is 11.8. The van der Waals surface area contributed by atoms with Gasteiger partial charge in [-0.15, -0.1) is 0 Å². The van der Waals surface area contributed by atoms with Crippen LogP contribution >= 0.6 is 0 Å². The molecule has 134 valence electrons. The van der Waals surface area contributed by atoms with E-state index in [1.807, 2.05) is 18.2 Å². The predicted molar refractivity (Wildman–Crippen MR) is 98.6 cm³/mol. The van der Waals surface area contributed by atoms with Gasteiger partial charge in [-0.05, 0) is 35.7 Å². The first-order chi connectivity index (χ1) is 11.1. The van der Waals surface area contributed by atoms with E-state index in [0.717, 1.165) is 5.56 Å². The topological polar surface area (TPSA) is 75.8 Å². The molecule has 5 nitrogen and oxygen atoms in total. The molecule has 0 saturated carbocycles. The second-order valence-electron chi connectivity index (χ2n) is 8.10. The average molecular weight is 351 g/mol. The largest absolute Gasteiger partial charge is 0.465 e. The van der Waals surface area contributed by atoms with Crippen molar-refractivity contribution in [3.05, 3.63) is 35.4 Å². The molecule has 1 amide bonds. The maximum atomic E-state index is 11.8. The first-order valence-electron chi connectivity index (χ1n) is 8.51. The highest BCUT2D eigenvalue weighted by Crippen LogP contribution is 2.38. The molecule has 1 aliphatic heterocycles. The minimum Gasteiger partial charge on any atom is -0.465 e. The fourth-order valence-corrected chi connectivity index (χ4v) is 4.29. The van der Waals surface area contributed by atoms with Gasteiger partial charge in [0.15, 0.2) is 8.32 Å². The van der Waals surface area contributed by atoms with Gasteiger partial charge in [-0.3, -0.25) is 4.90 Å². The van der Waals surface area contributed by atoms with Crippen LogP contribution in [0.1, 0.15) is 31.9 Å². The Labute approximate surface area is 145 Å². The molecule has 0 fully saturated rings. The van der Waals surface area contributed by atoms with Gasteiger partial charge in [0.2, 0.25) is 0 Å². The lowest BCUT2D eigenvalue weighted by atomic mass is 9.91. The summed E-state index contributed by atoms with van der Waals surface area (Å²) in [5, 5.41) is 9.73. The molecule has 0 saturated heterocycles. The number of nitrogens with zero attached hydrogens (tertiary/aromatic N) is 1. The molecule has 1 heterocycles. The Morgan fingerprint density at radius 2 is 1.96 bits per heavy atom. The highest BCUT2D eigenvalue weighted by Gasteiger charge is 2.43. The van der Waals surface area contributed by atoms with Crippen LogP contribution < -0.4 is 5.73 Å². The van der Waals surface area contributed by atoms with Crippen molar-refractivity contribution < 1.29 is 14.3 Å². The summed E-state index contributed by atoms with van der Waals surface area (Å²) in [5.41, 5.74) is 8.27. The van der Waals surface area contributed by atoms with Gasteiger partial charge in [-0.2, -0.15) is 0 Å². The van der Waals surface area contributed by atoms with Crippen molar-refractivity contribution in [1.29, 1.82) is 0 Å². The molecule has 6 heteroatoms. The zero-order valence-corrected chi connectivity index (χ0v) is 16.4. The average Bonchev–Trinajstić information content (AvgIpc) is 2.50. The third kappa shape index (κ3) is 3.82. The molecule has 24 heavy (non-hydrogen) atoms. The molecule has 3 N–H and O–H groups in total. The van der Waals surface area contributed by atoms with Crippen molar-refractivity contribution in [3.63, 3.8) is 0 Å². The smallest absolute Gasteiger partial charge is 0.407 e. The number of nitrogens with two attached hydrogens (primary N) is 1. The summed E-state index contributed by atoms with van der Waals surface area (Å²) in [5.74, 6) is 0. The number of benzene rings is 1. The quantitative estimate of drug-likeness (QED) is 0.816. The lowest BCUT2D eigenvalue weighted by molar-refractivity contribution is 0.0487. The van der Waals surface area contributed by atoms with Crippen LogP contribution in [0.25, 0.3) is 0 Å². The normalized spacial score (nSPS) is 19.8. The van der Waals surface area contributed by atoms with E-state index in [-0.39, 0.29) is 17.2 Å². The maximum Gasteiger partial charge on any atom is 0.407 e. The highest BCUT2D eigenvalue weighted by atomic mass is 28.4. The lowest BCUT2D eigenvalue weighted by Gasteiger charge is -2.45. The second kappa shape index (κ2) is 6.86. The van der Waals surface area contributed by atoms with Crippen molar-refractivity contribution in [1.82, 2.24) is 4.90 Å². The van der Waals surface area contributed by atoms with Crippen molar-refractivity contribution in [3.8, 4) is 0 Å². The monoisotopic (exact) mass is 350 g/mol. The molecule has 0 spiro atoms. The Morgan fingerprint density at radius 1 is 1.38 bits per heavy atom. The first-order valence-corrected chi connectivity index (χ1v) is 11.4. The van der Waals surface area contributed by atoms with Crippen LogP contribution in [0.15, 0.2) is 24.3 Å². The minimum atomic E-state index is -2.03. The first kappa shape index (κ1) is 19.0. The molecule has 1 aliphatic rings. The summed E-state index contributed by atoms with van der Waals surface area (Å²) in [6.07, 6.45) is -0.541. The van der Waals surface area contributed by atoms with Crippen molar-refractivity contribution in [2.24, 2.45) is 5.73 Å². The van der Waals surface area contributed by atoms with Crippen molar-refractivity contribution in [2.75, 3.05) is 6.54 Å². The van der Waals surface area contributed by atoms with Crippen LogP contribution in [0, 0.1) is 0 Å². The highest BCUT2D eigenvalue weighted by molar-refractivity contribution is 6.74. The van der Waals surface area contributed by atoms with Crippen molar-refractivity contribution in [2.45, 2.75) is 64.0 Å². The fourth-order valence-electron chi connectivity index (χ4n) is 2.93. The standard InChI is InChI=1S/C18H30N2O3Si/c1-18(2,3)24(4,5)23-16(11-19)15-10-13-8-6-7-9-14(13)12-20(15)17(21)22/h6-9,15-16H,10-12,19H2,1-5H3,(H,21,22)/t15?,16-/m1/s1. The number of hydrogen-bond donors (Lipinski definition) is 2.